The number of hydrogen-bond acceptors (Lipinski definition) is 6. The smallest absolute Gasteiger partial charge is 0.261 e. The van der Waals surface area contributed by atoms with Gasteiger partial charge in [0, 0.05) is 34.3 Å². The van der Waals surface area contributed by atoms with Gasteiger partial charge in [-0.3, -0.25) is 9.52 Å². The molecule has 3 aromatic rings. The Kier molecular flexibility index (Phi) is 6.78. The second-order valence-electron chi connectivity index (χ2n) is 10.4. The van der Waals surface area contributed by atoms with Crippen LogP contribution in [0.1, 0.15) is 65.3 Å². The summed E-state index contributed by atoms with van der Waals surface area (Å²) in [5, 5.41) is 5.45. The molecular formula is C28H28Cl2N2O4S. The van der Waals surface area contributed by atoms with Gasteiger partial charge in [-0.25, -0.2) is 0 Å². The predicted octanol–water partition coefficient (Wildman–Crippen LogP) is 7.15. The molecule has 6 rings (SSSR count). The van der Waals surface area contributed by atoms with Crippen LogP contribution in [0.4, 0.5) is 0 Å². The van der Waals surface area contributed by atoms with E-state index in [0.717, 1.165) is 49.0 Å². The van der Waals surface area contributed by atoms with Crippen molar-refractivity contribution in [3.05, 3.63) is 75.0 Å². The van der Waals surface area contributed by atoms with Crippen molar-refractivity contribution in [2.75, 3.05) is 19.5 Å². The Balaban J connectivity index is 1.18. The summed E-state index contributed by atoms with van der Waals surface area (Å²) in [6.07, 6.45) is 6.81. The lowest BCUT2D eigenvalue weighted by Gasteiger charge is -2.29. The summed E-state index contributed by atoms with van der Waals surface area (Å²) in [7, 11) is 0. The molecule has 6 nitrogen and oxygen atoms in total. The number of halogens is 2. The molecule has 1 N–H and O–H groups in total. The molecule has 2 aliphatic carbocycles. The normalized spacial score (nSPS) is 24.5. The molecule has 2 bridgehead atoms. The van der Waals surface area contributed by atoms with E-state index in [-0.39, 0.29) is 16.9 Å². The first-order chi connectivity index (χ1) is 17.9. The number of nitrogens with one attached hydrogen (secondary N) is 1. The van der Waals surface area contributed by atoms with Crippen LogP contribution >= 0.6 is 35.1 Å². The zero-order valence-corrected chi connectivity index (χ0v) is 22.8. The van der Waals surface area contributed by atoms with Crippen LogP contribution in [0, 0.1) is 5.41 Å². The lowest BCUT2D eigenvalue weighted by atomic mass is 9.86. The molecule has 3 aliphatic rings. The van der Waals surface area contributed by atoms with Gasteiger partial charge in [-0.05, 0) is 61.9 Å². The molecule has 2 heterocycles. The number of hydrogen-bond donors (Lipinski definition) is 1. The average Bonchev–Trinajstić information content (AvgIpc) is 3.41. The Hall–Kier alpha value is -2.03. The number of carbonyl (C=O) groups excluding carboxylic acids is 1. The van der Waals surface area contributed by atoms with E-state index < -0.39 is 0 Å². The number of rotatable bonds is 9. The molecule has 37 heavy (non-hydrogen) atoms. The minimum atomic E-state index is -0.369. The number of nitrogens with zero attached hydrogens (tertiary/aromatic N) is 1. The van der Waals surface area contributed by atoms with Gasteiger partial charge >= 0.3 is 0 Å². The first-order valence-electron chi connectivity index (χ1n) is 12.5. The molecule has 2 unspecified atom stereocenters. The van der Waals surface area contributed by atoms with Crippen LogP contribution in [0.25, 0.3) is 11.3 Å². The van der Waals surface area contributed by atoms with Crippen LogP contribution in [0.15, 0.2) is 47.0 Å². The van der Waals surface area contributed by atoms with Crippen LogP contribution in [0.5, 0.6) is 0 Å². The molecule has 1 aromatic heterocycles. The number of ether oxygens (including phenoxy) is 2. The van der Waals surface area contributed by atoms with Gasteiger partial charge < -0.3 is 14.0 Å². The van der Waals surface area contributed by atoms with Gasteiger partial charge in [0.15, 0.2) is 0 Å². The number of amides is 1. The molecular weight excluding hydrogens is 531 g/mol. The lowest BCUT2D eigenvalue weighted by Crippen LogP contribution is -2.27. The maximum absolute atomic E-state index is 12.4. The van der Waals surface area contributed by atoms with Gasteiger partial charge in [0.25, 0.3) is 5.91 Å². The van der Waals surface area contributed by atoms with Crippen molar-refractivity contribution in [2.24, 2.45) is 5.41 Å². The summed E-state index contributed by atoms with van der Waals surface area (Å²) in [6, 6.07) is 13.2. The fraction of sp³-hybridized carbons (Fsp3) is 0.429. The topological polar surface area (TPSA) is 73.6 Å². The van der Waals surface area contributed by atoms with Crippen molar-refractivity contribution in [3.8, 4) is 11.3 Å². The van der Waals surface area contributed by atoms with E-state index in [2.05, 4.69) is 15.9 Å². The number of carbonyl (C=O) groups is 1. The maximum atomic E-state index is 12.4. The Morgan fingerprint density at radius 3 is 2.68 bits per heavy atom. The molecule has 3 fully saturated rings. The van der Waals surface area contributed by atoms with Crippen molar-refractivity contribution in [2.45, 2.75) is 50.2 Å². The van der Waals surface area contributed by atoms with Gasteiger partial charge in [0.1, 0.15) is 11.5 Å². The quantitative estimate of drug-likeness (QED) is 0.281. The second kappa shape index (κ2) is 9.93. The van der Waals surface area contributed by atoms with Crippen LogP contribution in [-0.2, 0) is 21.7 Å². The second-order valence-corrected chi connectivity index (χ2v) is 11.8. The van der Waals surface area contributed by atoms with E-state index in [1.807, 2.05) is 42.7 Å². The van der Waals surface area contributed by atoms with E-state index >= 15 is 0 Å². The molecule has 1 amide bonds. The highest BCUT2D eigenvalue weighted by Gasteiger charge is 2.56. The zero-order valence-electron chi connectivity index (χ0n) is 20.5. The summed E-state index contributed by atoms with van der Waals surface area (Å²) in [5.74, 6) is 1.17. The van der Waals surface area contributed by atoms with Crippen molar-refractivity contribution in [1.82, 2.24) is 9.88 Å². The Morgan fingerprint density at radius 1 is 1.19 bits per heavy atom. The largest absolute Gasteiger partial charge is 0.376 e. The number of aromatic nitrogens is 1. The van der Waals surface area contributed by atoms with E-state index in [1.54, 1.807) is 0 Å². The van der Waals surface area contributed by atoms with E-state index in [1.165, 1.54) is 11.9 Å². The SMILES string of the molecule is CSNC(=O)c1cccc(C23CCC(COCc4c(-c5c(Cl)cccc5Cl)noc4C4CC4)(CO2)C3)c1. The molecule has 1 aliphatic heterocycles. The number of benzene rings is 2. The summed E-state index contributed by atoms with van der Waals surface area (Å²) in [6.45, 7) is 1.59. The van der Waals surface area contributed by atoms with E-state index in [9.17, 15) is 4.79 Å². The molecule has 194 valence electrons. The highest BCUT2D eigenvalue weighted by atomic mass is 35.5. The Labute approximate surface area is 230 Å². The summed E-state index contributed by atoms with van der Waals surface area (Å²) >= 11 is 14.3. The monoisotopic (exact) mass is 558 g/mol. The molecule has 1 saturated heterocycles. The summed E-state index contributed by atoms with van der Waals surface area (Å²) in [5.41, 5.74) is 3.57. The molecule has 0 radical (unpaired) electrons. The van der Waals surface area contributed by atoms with Crippen LogP contribution in [-0.4, -0.2) is 30.5 Å². The van der Waals surface area contributed by atoms with Gasteiger partial charge in [-0.2, -0.15) is 0 Å². The highest BCUT2D eigenvalue weighted by molar-refractivity contribution is 7.97. The molecule has 2 aromatic carbocycles. The summed E-state index contributed by atoms with van der Waals surface area (Å²) in [4.78, 5) is 12.4. The zero-order chi connectivity index (χ0) is 25.6. The van der Waals surface area contributed by atoms with Gasteiger partial charge in [0.05, 0.1) is 35.5 Å². The Morgan fingerprint density at radius 2 is 1.97 bits per heavy atom. The van der Waals surface area contributed by atoms with E-state index in [0.29, 0.717) is 52.6 Å². The van der Waals surface area contributed by atoms with Crippen molar-refractivity contribution in [3.63, 3.8) is 0 Å². The van der Waals surface area contributed by atoms with Gasteiger partial charge in [0.2, 0.25) is 0 Å². The van der Waals surface area contributed by atoms with Gasteiger partial charge in [-0.1, -0.05) is 58.5 Å². The van der Waals surface area contributed by atoms with Crippen molar-refractivity contribution in [1.29, 1.82) is 0 Å². The standard InChI is InChI=1S/C28H28Cl2N2O4S/c1-37-32-26(33)18-4-2-5-19(12-18)28-11-10-27(14-28,16-35-28)15-34-13-20-24(31-36-25(20)17-8-9-17)23-21(29)6-3-7-22(23)30/h2-7,12,17H,8-11,13-16H2,1H3,(H,32,33). The third kappa shape index (κ3) is 4.70. The van der Waals surface area contributed by atoms with Crippen LogP contribution in [0.3, 0.4) is 0 Å². The third-order valence-electron chi connectivity index (χ3n) is 7.84. The molecule has 0 spiro atoms. The van der Waals surface area contributed by atoms with Crippen LogP contribution in [0.2, 0.25) is 10.0 Å². The molecule has 2 atom stereocenters. The lowest BCUT2D eigenvalue weighted by molar-refractivity contribution is -0.0492. The highest BCUT2D eigenvalue weighted by Crippen LogP contribution is 2.58. The van der Waals surface area contributed by atoms with Crippen LogP contribution < -0.4 is 4.72 Å². The predicted molar refractivity (Wildman–Crippen MR) is 145 cm³/mol. The fourth-order valence-electron chi connectivity index (χ4n) is 5.80. The maximum Gasteiger partial charge on any atom is 0.261 e. The molecule has 9 heteroatoms. The van der Waals surface area contributed by atoms with Crippen molar-refractivity contribution >= 4 is 41.1 Å². The first-order valence-corrected chi connectivity index (χ1v) is 14.5. The molecule has 2 saturated carbocycles. The first kappa shape index (κ1) is 25.3. The Bertz CT molecular complexity index is 1310. The number of fused-ring (bicyclic) bond motifs is 2. The van der Waals surface area contributed by atoms with E-state index in [4.69, 9.17) is 37.2 Å². The third-order valence-corrected chi connectivity index (χ3v) is 8.86. The van der Waals surface area contributed by atoms with Crippen molar-refractivity contribution < 1.29 is 18.8 Å². The average molecular weight is 560 g/mol. The summed E-state index contributed by atoms with van der Waals surface area (Å²) < 4.78 is 21.4. The minimum absolute atomic E-state index is 0.0589. The van der Waals surface area contributed by atoms with Gasteiger partial charge in [-0.15, -0.1) is 0 Å². The fourth-order valence-corrected chi connectivity index (χ4v) is 6.67. The minimum Gasteiger partial charge on any atom is -0.376 e.